The summed E-state index contributed by atoms with van der Waals surface area (Å²) in [6.45, 7) is 7.25. The van der Waals surface area contributed by atoms with Crippen molar-refractivity contribution < 1.29 is 23.8 Å². The van der Waals surface area contributed by atoms with Crippen LogP contribution >= 0.6 is 20.2 Å². The minimum absolute atomic E-state index is 0.0229. The van der Waals surface area contributed by atoms with Crippen molar-refractivity contribution in [3.8, 4) is 0 Å². The summed E-state index contributed by atoms with van der Waals surface area (Å²) >= 11 is 3.95. The molecule has 0 bridgehead atoms. The SMILES string of the molecule is CC(C)[C@H](NS)C(=O)N[C@@H](CCCNC(N)=O)C(=O)NCCP(=O)(O)C(C)C. The molecule has 12 heteroatoms. The van der Waals surface area contributed by atoms with Gasteiger partial charge in [-0.1, -0.05) is 40.5 Å². The zero-order valence-corrected chi connectivity index (χ0v) is 18.7. The number of carbonyl (C=O) groups excluding carboxylic acids is 3. The van der Waals surface area contributed by atoms with Gasteiger partial charge in [-0.15, -0.1) is 0 Å². The van der Waals surface area contributed by atoms with Crippen molar-refractivity contribution in [3.63, 3.8) is 0 Å². The smallest absolute Gasteiger partial charge is 0.312 e. The van der Waals surface area contributed by atoms with Crippen LogP contribution in [0.15, 0.2) is 0 Å². The van der Waals surface area contributed by atoms with Gasteiger partial charge in [0.1, 0.15) is 6.04 Å². The standard InChI is InChI=1S/C16H34N5O5PS/c1-10(2)13(21-28)15(23)20-12(6-5-7-19-16(17)24)14(22)18-8-9-27(25,26)11(3)4/h10-13,21,28H,5-9H2,1-4H3,(H,18,22)(H,20,23)(H,25,26)(H3,17,19,24)/t12-,13-/m0/s1. The van der Waals surface area contributed by atoms with Crippen LogP contribution in [0, 0.1) is 5.92 Å². The van der Waals surface area contributed by atoms with Gasteiger partial charge in [-0.2, -0.15) is 0 Å². The zero-order valence-electron chi connectivity index (χ0n) is 16.9. The van der Waals surface area contributed by atoms with Crippen LogP contribution in [0.1, 0.15) is 40.5 Å². The average Bonchev–Trinajstić information content (AvgIpc) is 2.57. The number of urea groups is 1. The lowest BCUT2D eigenvalue weighted by atomic mass is 10.0. The van der Waals surface area contributed by atoms with Crippen molar-refractivity contribution in [3.05, 3.63) is 0 Å². The maximum Gasteiger partial charge on any atom is 0.312 e. The summed E-state index contributed by atoms with van der Waals surface area (Å²) < 4.78 is 14.6. The number of nitrogens with two attached hydrogens (primary N) is 1. The van der Waals surface area contributed by atoms with E-state index in [1.165, 1.54) is 0 Å². The molecule has 0 fully saturated rings. The Morgan fingerprint density at radius 1 is 1.07 bits per heavy atom. The van der Waals surface area contributed by atoms with E-state index in [9.17, 15) is 23.8 Å². The van der Waals surface area contributed by atoms with Crippen molar-refractivity contribution in [2.24, 2.45) is 11.7 Å². The van der Waals surface area contributed by atoms with Gasteiger partial charge in [0.2, 0.25) is 19.2 Å². The van der Waals surface area contributed by atoms with Crippen molar-refractivity contribution in [1.29, 1.82) is 0 Å². The highest BCUT2D eigenvalue weighted by molar-refractivity contribution is 7.78. The second kappa shape index (κ2) is 13.0. The van der Waals surface area contributed by atoms with Gasteiger partial charge in [0.15, 0.2) is 0 Å². The minimum Gasteiger partial charge on any atom is -0.354 e. The summed E-state index contributed by atoms with van der Waals surface area (Å²) in [5.41, 5.74) is 4.61. The molecule has 0 aliphatic rings. The Hall–Kier alpha value is -1.29. The number of nitrogens with one attached hydrogen (secondary N) is 4. The third kappa shape index (κ3) is 10.3. The first kappa shape index (κ1) is 26.7. The second-order valence-corrected chi connectivity index (χ2v) is 10.5. The van der Waals surface area contributed by atoms with Gasteiger partial charge >= 0.3 is 6.03 Å². The molecule has 0 spiro atoms. The summed E-state index contributed by atoms with van der Waals surface area (Å²) in [4.78, 5) is 45.5. The quantitative estimate of drug-likeness (QED) is 0.123. The van der Waals surface area contributed by atoms with E-state index in [2.05, 4.69) is 33.5 Å². The normalized spacial score (nSPS) is 15.6. The molecule has 0 aromatic carbocycles. The highest BCUT2D eigenvalue weighted by Crippen LogP contribution is 2.44. The molecular formula is C16H34N5O5PS. The molecule has 4 amide bonds. The molecule has 0 aliphatic heterocycles. The Bertz CT molecular complexity index is 576. The van der Waals surface area contributed by atoms with E-state index < -0.39 is 37.0 Å². The molecule has 3 atom stereocenters. The molecule has 0 aliphatic carbocycles. The first-order valence-corrected chi connectivity index (χ1v) is 11.6. The fourth-order valence-electron chi connectivity index (χ4n) is 2.28. The van der Waals surface area contributed by atoms with Crippen LogP contribution in [0.4, 0.5) is 4.79 Å². The Morgan fingerprint density at radius 3 is 2.14 bits per heavy atom. The van der Waals surface area contributed by atoms with E-state index in [0.717, 1.165) is 0 Å². The van der Waals surface area contributed by atoms with Gasteiger partial charge in [-0.3, -0.25) is 18.9 Å². The van der Waals surface area contributed by atoms with Crippen molar-refractivity contribution in [2.45, 2.75) is 58.3 Å². The molecule has 28 heavy (non-hydrogen) atoms. The number of hydrogen-bond acceptors (Lipinski definition) is 6. The Morgan fingerprint density at radius 2 is 1.68 bits per heavy atom. The summed E-state index contributed by atoms with van der Waals surface area (Å²) in [5, 5.41) is 7.69. The van der Waals surface area contributed by atoms with E-state index in [4.69, 9.17) is 5.73 Å². The molecule has 0 aromatic rings. The van der Waals surface area contributed by atoms with Crippen LogP contribution in [-0.4, -0.2) is 59.7 Å². The van der Waals surface area contributed by atoms with Crippen LogP contribution in [-0.2, 0) is 14.2 Å². The number of hydrogen-bond donors (Lipinski definition) is 7. The summed E-state index contributed by atoms with van der Waals surface area (Å²) in [6.07, 6.45) is 0.621. The average molecular weight is 440 g/mol. The van der Waals surface area contributed by atoms with Crippen LogP contribution in [0.2, 0.25) is 0 Å². The van der Waals surface area contributed by atoms with E-state index in [1.54, 1.807) is 13.8 Å². The maximum absolute atomic E-state index is 12.5. The first-order valence-electron chi connectivity index (χ1n) is 9.24. The van der Waals surface area contributed by atoms with Crippen LogP contribution in [0.3, 0.4) is 0 Å². The summed E-state index contributed by atoms with van der Waals surface area (Å²) in [7, 11) is -3.33. The van der Waals surface area contributed by atoms with Gasteiger partial charge in [-0.05, 0) is 18.8 Å². The minimum atomic E-state index is -3.33. The predicted molar refractivity (Wildman–Crippen MR) is 112 cm³/mol. The molecule has 0 aromatic heterocycles. The summed E-state index contributed by atoms with van der Waals surface area (Å²) in [5.74, 6) is -0.898. The predicted octanol–water partition coefficient (Wildman–Crippen LogP) is 0.174. The van der Waals surface area contributed by atoms with E-state index >= 15 is 0 Å². The third-order valence-electron chi connectivity index (χ3n) is 4.23. The molecule has 0 heterocycles. The van der Waals surface area contributed by atoms with E-state index in [-0.39, 0.29) is 37.5 Å². The van der Waals surface area contributed by atoms with Gasteiger partial charge in [-0.25, -0.2) is 4.79 Å². The fraction of sp³-hybridized carbons (Fsp3) is 0.812. The monoisotopic (exact) mass is 439 g/mol. The zero-order chi connectivity index (χ0) is 21.9. The van der Waals surface area contributed by atoms with Gasteiger partial charge in [0, 0.05) is 24.9 Å². The van der Waals surface area contributed by atoms with E-state index in [0.29, 0.717) is 6.42 Å². The van der Waals surface area contributed by atoms with Crippen LogP contribution in [0.5, 0.6) is 0 Å². The largest absolute Gasteiger partial charge is 0.354 e. The molecule has 0 saturated heterocycles. The van der Waals surface area contributed by atoms with Crippen LogP contribution < -0.4 is 26.4 Å². The Labute approximate surface area is 172 Å². The molecule has 0 radical (unpaired) electrons. The molecule has 10 nitrogen and oxygen atoms in total. The number of carbonyl (C=O) groups is 3. The topological polar surface area (TPSA) is 163 Å². The van der Waals surface area contributed by atoms with Crippen molar-refractivity contribution in [2.75, 3.05) is 19.3 Å². The molecule has 0 saturated carbocycles. The Balaban J connectivity index is 4.90. The van der Waals surface area contributed by atoms with Gasteiger partial charge < -0.3 is 26.6 Å². The molecule has 0 rings (SSSR count). The highest BCUT2D eigenvalue weighted by atomic mass is 32.1. The number of rotatable bonds is 13. The molecular weight excluding hydrogens is 405 g/mol. The fourth-order valence-corrected chi connectivity index (χ4v) is 3.64. The van der Waals surface area contributed by atoms with Gasteiger partial charge in [0.05, 0.1) is 6.04 Å². The lowest BCUT2D eigenvalue weighted by Crippen LogP contribution is -2.53. The number of thiol groups is 1. The van der Waals surface area contributed by atoms with Crippen LogP contribution in [0.25, 0.3) is 0 Å². The lowest BCUT2D eigenvalue weighted by molar-refractivity contribution is -0.130. The Kier molecular flexibility index (Phi) is 12.4. The number of amides is 4. The molecule has 7 N–H and O–H groups in total. The van der Waals surface area contributed by atoms with E-state index in [1.807, 2.05) is 13.8 Å². The summed E-state index contributed by atoms with van der Waals surface area (Å²) in [6, 6.07) is -2.13. The lowest BCUT2D eigenvalue weighted by Gasteiger charge is -2.24. The third-order valence-corrected chi connectivity index (χ3v) is 6.98. The molecule has 164 valence electrons. The highest BCUT2D eigenvalue weighted by Gasteiger charge is 2.27. The second-order valence-electron chi connectivity index (χ2n) is 7.21. The van der Waals surface area contributed by atoms with Crippen molar-refractivity contribution in [1.82, 2.24) is 20.7 Å². The number of primary amides is 1. The van der Waals surface area contributed by atoms with Gasteiger partial charge in [0.25, 0.3) is 0 Å². The van der Waals surface area contributed by atoms with Crippen molar-refractivity contribution >= 4 is 38.0 Å². The first-order chi connectivity index (χ1) is 12.9. The maximum atomic E-state index is 12.5. The molecule has 1 unspecified atom stereocenters.